The van der Waals surface area contributed by atoms with Gasteiger partial charge in [-0.05, 0) is 25.0 Å². The molecule has 0 aromatic heterocycles. The molecule has 1 saturated carbocycles. The van der Waals surface area contributed by atoms with E-state index in [1.54, 1.807) is 0 Å². The van der Waals surface area contributed by atoms with Crippen LogP contribution in [0.25, 0.3) is 0 Å². The zero-order valence-electron chi connectivity index (χ0n) is 8.88. The van der Waals surface area contributed by atoms with Crippen LogP contribution in [0.5, 0.6) is 5.75 Å². The first-order valence-corrected chi connectivity index (χ1v) is 5.00. The molecule has 0 radical (unpaired) electrons. The minimum Gasteiger partial charge on any atom is -0.508 e. The fourth-order valence-electron chi connectivity index (χ4n) is 1.12. The Labute approximate surface area is 93.6 Å². The van der Waals surface area contributed by atoms with Crippen molar-refractivity contribution >= 4 is 23.3 Å². The van der Waals surface area contributed by atoms with Gasteiger partial charge in [-0.25, -0.2) is 4.79 Å². The molecule has 1 aliphatic rings. The number of hydrogen-bond acceptors (Lipinski definition) is 2. The Balaban J connectivity index is 2.10. The van der Waals surface area contributed by atoms with E-state index in [0.29, 0.717) is 0 Å². The van der Waals surface area contributed by atoms with Crippen LogP contribution >= 0.6 is 11.6 Å². The lowest BCUT2D eigenvalue weighted by Gasteiger charge is -2.08. The van der Waals surface area contributed by atoms with Crippen LogP contribution in [-0.2, 0) is 0 Å². The van der Waals surface area contributed by atoms with Crippen molar-refractivity contribution in [2.45, 2.75) is 18.9 Å². The summed E-state index contributed by atoms with van der Waals surface area (Å²) in [7, 11) is 0. The van der Waals surface area contributed by atoms with Crippen LogP contribution in [0.3, 0.4) is 0 Å². The molecular formula is C10H11ClN2O2. The van der Waals surface area contributed by atoms with Gasteiger partial charge in [0.1, 0.15) is 5.75 Å². The summed E-state index contributed by atoms with van der Waals surface area (Å²) >= 11 is 5.81. The largest absolute Gasteiger partial charge is 0.508 e. The number of carbonyl (C=O) groups excluding carboxylic acids is 1. The van der Waals surface area contributed by atoms with Crippen LogP contribution in [0.15, 0.2) is 18.2 Å². The summed E-state index contributed by atoms with van der Waals surface area (Å²) in [5, 5.41) is 14.5. The average molecular weight is 228 g/mol. The van der Waals surface area contributed by atoms with E-state index in [1.807, 2.05) is 0 Å². The summed E-state index contributed by atoms with van der Waals surface area (Å²) in [6.45, 7) is 0. The van der Waals surface area contributed by atoms with Gasteiger partial charge in [0.2, 0.25) is 0 Å². The number of urea groups is 1. The van der Waals surface area contributed by atoms with Crippen molar-refractivity contribution in [1.29, 1.82) is 0 Å². The maximum absolute atomic E-state index is 11.4. The maximum Gasteiger partial charge on any atom is 0.319 e. The fourth-order valence-corrected chi connectivity index (χ4v) is 1.33. The Morgan fingerprint density at radius 1 is 1.67 bits per heavy atom. The van der Waals surface area contributed by atoms with Crippen molar-refractivity contribution in [3.63, 3.8) is 0 Å². The van der Waals surface area contributed by atoms with Gasteiger partial charge in [-0.2, -0.15) is 0 Å². The summed E-state index contributed by atoms with van der Waals surface area (Å²) in [4.78, 5) is 11.4. The minimum atomic E-state index is -0.372. The lowest BCUT2D eigenvalue weighted by molar-refractivity contribution is 0.251. The van der Waals surface area contributed by atoms with Crippen molar-refractivity contribution in [3.05, 3.63) is 23.2 Å². The van der Waals surface area contributed by atoms with Crippen LogP contribution in [-0.4, -0.2) is 17.2 Å². The Morgan fingerprint density at radius 3 is 3.00 bits per heavy atom. The summed E-state index contributed by atoms with van der Waals surface area (Å²) < 4.78 is 7.56. The topological polar surface area (TPSA) is 61.4 Å². The molecule has 2 amide bonds. The predicted octanol–water partition coefficient (Wildman–Crippen LogP) is 2.33. The summed E-state index contributed by atoms with van der Waals surface area (Å²) in [5.74, 6) is -0.0943. The van der Waals surface area contributed by atoms with Crippen molar-refractivity contribution < 1.29 is 11.3 Å². The summed E-state index contributed by atoms with van der Waals surface area (Å²) in [5.41, 5.74) is 0.206. The molecule has 15 heavy (non-hydrogen) atoms. The van der Waals surface area contributed by atoms with E-state index in [9.17, 15) is 9.90 Å². The Kier molecular flexibility index (Phi) is 2.35. The van der Waals surface area contributed by atoms with Gasteiger partial charge in [0.05, 0.1) is 12.1 Å². The van der Waals surface area contributed by atoms with E-state index >= 15 is 0 Å². The molecule has 0 aliphatic heterocycles. The van der Waals surface area contributed by atoms with Gasteiger partial charge in [-0.15, -0.1) is 0 Å². The zero-order valence-corrected chi connectivity index (χ0v) is 8.64. The van der Waals surface area contributed by atoms with Gasteiger partial charge < -0.3 is 15.7 Å². The number of benzene rings is 1. The van der Waals surface area contributed by atoms with Gasteiger partial charge in [0.25, 0.3) is 0 Å². The van der Waals surface area contributed by atoms with E-state index in [2.05, 4.69) is 10.6 Å². The first-order chi connectivity index (χ1) is 7.56. The summed E-state index contributed by atoms with van der Waals surface area (Å²) in [6.07, 6.45) is 1.98. The molecule has 5 heteroatoms. The van der Waals surface area contributed by atoms with Crippen molar-refractivity contribution in [2.24, 2.45) is 0 Å². The molecule has 80 valence electrons. The normalized spacial score (nSPS) is 15.7. The maximum atomic E-state index is 11.4. The molecular weight excluding hydrogens is 216 g/mol. The predicted molar refractivity (Wildman–Crippen MR) is 58.3 cm³/mol. The molecule has 0 unspecified atom stereocenters. The van der Waals surface area contributed by atoms with Gasteiger partial charge >= 0.3 is 6.03 Å². The Morgan fingerprint density at radius 2 is 2.40 bits per heavy atom. The van der Waals surface area contributed by atoms with Crippen molar-refractivity contribution in [2.75, 3.05) is 5.32 Å². The molecule has 2 rings (SSSR count). The number of hydrogen-bond donors (Lipinski definition) is 3. The molecule has 4 nitrogen and oxygen atoms in total. The molecule has 1 aromatic carbocycles. The average Bonchev–Trinajstić information content (AvgIpc) is 2.95. The Hall–Kier alpha value is -1.42. The third-order valence-electron chi connectivity index (χ3n) is 2.03. The van der Waals surface area contributed by atoms with E-state index in [1.165, 1.54) is 12.1 Å². The van der Waals surface area contributed by atoms with E-state index < -0.39 is 0 Å². The number of halogens is 1. The first kappa shape index (κ1) is 8.85. The number of anilines is 1. The molecule has 0 spiro atoms. The van der Waals surface area contributed by atoms with E-state index in [4.69, 9.17) is 13.0 Å². The van der Waals surface area contributed by atoms with Gasteiger partial charge in [-0.3, -0.25) is 0 Å². The molecule has 3 N–H and O–H groups in total. The molecule has 0 atom stereocenters. The van der Waals surface area contributed by atoms with E-state index in [-0.39, 0.29) is 34.6 Å². The quantitative estimate of drug-likeness (QED) is 0.679. The molecule has 1 fully saturated rings. The highest BCUT2D eigenvalue weighted by Crippen LogP contribution is 2.26. The second kappa shape index (κ2) is 3.98. The highest BCUT2D eigenvalue weighted by atomic mass is 35.5. The SMILES string of the molecule is [2H]c1cc(O)cc(Cl)c1NC(=O)NC1CC1. The Bertz CT molecular complexity index is 412. The molecule has 1 aliphatic carbocycles. The second-order valence-electron chi connectivity index (χ2n) is 3.45. The number of amides is 2. The number of phenols is 1. The highest BCUT2D eigenvalue weighted by molar-refractivity contribution is 6.33. The van der Waals surface area contributed by atoms with Gasteiger partial charge in [0.15, 0.2) is 0 Å². The number of carbonyl (C=O) groups is 1. The lowest BCUT2D eigenvalue weighted by atomic mass is 10.3. The van der Waals surface area contributed by atoms with Crippen LogP contribution in [0.2, 0.25) is 5.02 Å². The summed E-state index contributed by atoms with van der Waals surface area (Å²) in [6, 6.07) is 2.36. The third kappa shape index (κ3) is 2.76. The first-order valence-electron chi connectivity index (χ1n) is 5.13. The highest BCUT2D eigenvalue weighted by Gasteiger charge is 2.23. The number of aromatic hydroxyl groups is 1. The lowest BCUT2D eigenvalue weighted by Crippen LogP contribution is -2.30. The molecule has 0 heterocycles. The second-order valence-corrected chi connectivity index (χ2v) is 3.86. The van der Waals surface area contributed by atoms with Crippen molar-refractivity contribution in [3.8, 4) is 5.75 Å². The minimum absolute atomic E-state index is 0.0176. The number of nitrogens with one attached hydrogen (secondary N) is 2. The molecule has 0 saturated heterocycles. The monoisotopic (exact) mass is 227 g/mol. The number of phenolic OH excluding ortho intramolecular Hbond substituents is 1. The smallest absolute Gasteiger partial charge is 0.319 e. The fraction of sp³-hybridized carbons (Fsp3) is 0.300. The standard InChI is InChI=1S/C10H11ClN2O2/c11-8-5-7(14)3-4-9(8)13-10(15)12-6-1-2-6/h3-6,14H,1-2H2,(H2,12,13,15)/i4D. The zero-order chi connectivity index (χ0) is 11.7. The van der Waals surface area contributed by atoms with Crippen molar-refractivity contribution in [1.82, 2.24) is 5.32 Å². The van der Waals surface area contributed by atoms with Gasteiger partial charge in [0, 0.05) is 12.1 Å². The van der Waals surface area contributed by atoms with Gasteiger partial charge in [-0.1, -0.05) is 11.6 Å². The molecule has 1 aromatic rings. The van der Waals surface area contributed by atoms with Crippen LogP contribution in [0.4, 0.5) is 10.5 Å². The number of rotatable bonds is 2. The third-order valence-corrected chi connectivity index (χ3v) is 2.33. The van der Waals surface area contributed by atoms with E-state index in [0.717, 1.165) is 12.8 Å². The van der Waals surface area contributed by atoms with Crippen LogP contribution in [0, 0.1) is 0 Å². The van der Waals surface area contributed by atoms with Crippen LogP contribution in [0.1, 0.15) is 14.2 Å². The molecule has 0 bridgehead atoms. The van der Waals surface area contributed by atoms with Crippen LogP contribution < -0.4 is 10.6 Å².